The van der Waals surface area contributed by atoms with Crippen molar-refractivity contribution in [3.05, 3.63) is 52.8 Å². The standard InChI is InChI=1S/C11H6Cl2N/c12-10-5-9(6-11(13)7-10)8-1-3-14-4-2-8/h1-3,5-7H. The molecule has 0 spiro atoms. The third-order valence-electron chi connectivity index (χ3n) is 1.82. The summed E-state index contributed by atoms with van der Waals surface area (Å²) in [6, 6.07) is 9.10. The molecule has 0 aliphatic heterocycles. The van der Waals surface area contributed by atoms with Crippen LogP contribution in [0.5, 0.6) is 0 Å². The van der Waals surface area contributed by atoms with Crippen molar-refractivity contribution in [2.75, 3.05) is 0 Å². The number of aromatic nitrogens is 1. The highest BCUT2D eigenvalue weighted by Crippen LogP contribution is 2.26. The van der Waals surface area contributed by atoms with Crippen molar-refractivity contribution < 1.29 is 0 Å². The smallest absolute Gasteiger partial charge is 0.0892 e. The van der Waals surface area contributed by atoms with Crippen LogP contribution in [-0.2, 0) is 0 Å². The van der Waals surface area contributed by atoms with E-state index in [1.54, 1.807) is 18.3 Å². The fraction of sp³-hybridized carbons (Fsp3) is 0. The lowest BCUT2D eigenvalue weighted by atomic mass is 10.1. The predicted molar refractivity (Wildman–Crippen MR) is 58.5 cm³/mol. The number of hydrogen-bond acceptors (Lipinski definition) is 1. The van der Waals surface area contributed by atoms with Gasteiger partial charge >= 0.3 is 0 Å². The second kappa shape index (κ2) is 3.99. The summed E-state index contributed by atoms with van der Waals surface area (Å²) in [6.45, 7) is 0. The van der Waals surface area contributed by atoms with Gasteiger partial charge in [-0.1, -0.05) is 23.2 Å². The normalized spacial score (nSPS) is 10.1. The second-order valence-electron chi connectivity index (χ2n) is 2.83. The van der Waals surface area contributed by atoms with Gasteiger partial charge in [0.2, 0.25) is 0 Å². The summed E-state index contributed by atoms with van der Waals surface area (Å²) in [5, 5.41) is 1.26. The number of halogens is 2. The molecule has 3 heteroatoms. The molecular formula is C11H6Cl2N. The van der Waals surface area contributed by atoms with E-state index in [4.69, 9.17) is 23.2 Å². The minimum absolute atomic E-state index is 0.629. The molecule has 0 saturated carbocycles. The van der Waals surface area contributed by atoms with Crippen LogP contribution in [0.15, 0.2) is 36.5 Å². The maximum Gasteiger partial charge on any atom is 0.0892 e. The monoisotopic (exact) mass is 222 g/mol. The first-order valence-electron chi connectivity index (χ1n) is 4.04. The van der Waals surface area contributed by atoms with Gasteiger partial charge in [-0.25, -0.2) is 0 Å². The molecule has 1 heterocycles. The minimum Gasteiger partial charge on any atom is -0.255 e. The van der Waals surface area contributed by atoms with Crippen molar-refractivity contribution in [2.45, 2.75) is 0 Å². The van der Waals surface area contributed by atoms with Crippen molar-refractivity contribution in [3.8, 4) is 11.1 Å². The summed E-state index contributed by atoms with van der Waals surface area (Å²) in [4.78, 5) is 3.82. The van der Waals surface area contributed by atoms with Crippen LogP contribution >= 0.6 is 23.2 Å². The molecule has 1 aromatic heterocycles. The summed E-state index contributed by atoms with van der Waals surface area (Å²) in [6.07, 6.45) is 4.45. The van der Waals surface area contributed by atoms with Gasteiger partial charge in [0.1, 0.15) is 0 Å². The molecule has 69 valence electrons. The zero-order valence-corrected chi connectivity index (χ0v) is 8.68. The van der Waals surface area contributed by atoms with E-state index >= 15 is 0 Å². The van der Waals surface area contributed by atoms with Crippen molar-refractivity contribution in [3.63, 3.8) is 0 Å². The van der Waals surface area contributed by atoms with Gasteiger partial charge in [-0.3, -0.25) is 4.98 Å². The first-order valence-corrected chi connectivity index (χ1v) is 4.80. The average molecular weight is 223 g/mol. The van der Waals surface area contributed by atoms with Gasteiger partial charge < -0.3 is 0 Å². The topological polar surface area (TPSA) is 12.9 Å². The molecule has 0 N–H and O–H groups in total. The quantitative estimate of drug-likeness (QED) is 0.715. The lowest BCUT2D eigenvalue weighted by Gasteiger charge is -2.02. The lowest BCUT2D eigenvalue weighted by Crippen LogP contribution is -1.79. The van der Waals surface area contributed by atoms with Gasteiger partial charge in [-0.05, 0) is 41.5 Å². The molecule has 1 aromatic carbocycles. The molecule has 0 fully saturated rings. The highest BCUT2D eigenvalue weighted by atomic mass is 35.5. The predicted octanol–water partition coefficient (Wildman–Crippen LogP) is 3.86. The van der Waals surface area contributed by atoms with Gasteiger partial charge in [-0.2, -0.15) is 0 Å². The van der Waals surface area contributed by atoms with E-state index in [2.05, 4.69) is 11.2 Å². The van der Waals surface area contributed by atoms with Crippen molar-refractivity contribution in [2.24, 2.45) is 0 Å². The third kappa shape index (κ3) is 2.06. The van der Waals surface area contributed by atoms with Crippen LogP contribution in [0.1, 0.15) is 0 Å². The van der Waals surface area contributed by atoms with Crippen molar-refractivity contribution >= 4 is 23.2 Å². The van der Waals surface area contributed by atoms with E-state index in [-0.39, 0.29) is 0 Å². The maximum absolute atomic E-state index is 5.89. The highest BCUT2D eigenvalue weighted by Gasteiger charge is 2.00. The summed E-state index contributed by atoms with van der Waals surface area (Å²) in [5.74, 6) is 0. The Balaban J connectivity index is 2.52. The molecule has 14 heavy (non-hydrogen) atoms. The Morgan fingerprint density at radius 2 is 1.71 bits per heavy atom. The number of nitrogens with zero attached hydrogens (tertiary/aromatic N) is 1. The summed E-state index contributed by atoms with van der Waals surface area (Å²) >= 11 is 11.8. The van der Waals surface area contributed by atoms with E-state index in [9.17, 15) is 0 Å². The van der Waals surface area contributed by atoms with Crippen molar-refractivity contribution in [1.29, 1.82) is 0 Å². The number of benzene rings is 1. The molecule has 0 amide bonds. The van der Waals surface area contributed by atoms with Crippen LogP contribution in [0, 0.1) is 6.20 Å². The van der Waals surface area contributed by atoms with E-state index < -0.39 is 0 Å². The molecular weight excluding hydrogens is 217 g/mol. The van der Waals surface area contributed by atoms with Crippen LogP contribution < -0.4 is 0 Å². The largest absolute Gasteiger partial charge is 0.255 e. The summed E-state index contributed by atoms with van der Waals surface area (Å²) in [7, 11) is 0. The maximum atomic E-state index is 5.89. The first-order chi connectivity index (χ1) is 6.75. The van der Waals surface area contributed by atoms with E-state index in [1.165, 1.54) is 0 Å². The molecule has 0 aliphatic carbocycles. The first kappa shape index (κ1) is 9.50. The summed E-state index contributed by atoms with van der Waals surface area (Å²) in [5.41, 5.74) is 1.98. The van der Waals surface area contributed by atoms with Crippen LogP contribution in [0.2, 0.25) is 10.0 Å². The molecule has 1 radical (unpaired) electrons. The molecule has 0 bridgehead atoms. The Bertz CT molecular complexity index is 420. The Morgan fingerprint density at radius 1 is 1.00 bits per heavy atom. The number of hydrogen-bond donors (Lipinski definition) is 0. The van der Waals surface area contributed by atoms with Crippen LogP contribution in [0.25, 0.3) is 11.1 Å². The van der Waals surface area contributed by atoms with E-state index in [0.717, 1.165) is 11.1 Å². The van der Waals surface area contributed by atoms with Gasteiger partial charge in [-0.15, -0.1) is 0 Å². The molecule has 0 saturated heterocycles. The highest BCUT2D eigenvalue weighted by molar-refractivity contribution is 6.35. The Morgan fingerprint density at radius 3 is 2.29 bits per heavy atom. The second-order valence-corrected chi connectivity index (χ2v) is 3.70. The Labute approximate surface area is 92.3 Å². The SMILES string of the molecule is Clc1cc(Cl)cc(-c2c[c]ncc2)c1. The zero-order chi connectivity index (χ0) is 9.97. The number of rotatable bonds is 1. The van der Waals surface area contributed by atoms with Crippen LogP contribution in [0.3, 0.4) is 0 Å². The molecule has 1 nitrogen and oxygen atoms in total. The van der Waals surface area contributed by atoms with Crippen LogP contribution in [-0.4, -0.2) is 4.98 Å². The van der Waals surface area contributed by atoms with Gasteiger partial charge in [0.05, 0.1) is 6.20 Å². The molecule has 0 aliphatic rings. The van der Waals surface area contributed by atoms with Gasteiger partial charge in [0, 0.05) is 16.2 Å². The Hall–Kier alpha value is -1.05. The molecule has 2 aromatic rings. The third-order valence-corrected chi connectivity index (χ3v) is 2.26. The molecule has 2 rings (SSSR count). The number of pyridine rings is 1. The van der Waals surface area contributed by atoms with Gasteiger partial charge in [0.25, 0.3) is 0 Å². The van der Waals surface area contributed by atoms with E-state index in [0.29, 0.717) is 10.0 Å². The molecule has 0 unspecified atom stereocenters. The zero-order valence-electron chi connectivity index (χ0n) is 7.17. The average Bonchev–Trinajstić information content (AvgIpc) is 2.18. The van der Waals surface area contributed by atoms with E-state index in [1.807, 2.05) is 18.2 Å². The summed E-state index contributed by atoms with van der Waals surface area (Å²) < 4.78 is 0. The lowest BCUT2D eigenvalue weighted by molar-refractivity contribution is 1.31. The van der Waals surface area contributed by atoms with Crippen molar-refractivity contribution in [1.82, 2.24) is 4.98 Å². The van der Waals surface area contributed by atoms with Crippen LogP contribution in [0.4, 0.5) is 0 Å². The fourth-order valence-electron chi connectivity index (χ4n) is 1.22. The molecule has 0 atom stereocenters. The minimum atomic E-state index is 0.629. The fourth-order valence-corrected chi connectivity index (χ4v) is 1.74. The Kier molecular flexibility index (Phi) is 2.71. The van der Waals surface area contributed by atoms with Gasteiger partial charge in [0.15, 0.2) is 0 Å².